The van der Waals surface area contributed by atoms with E-state index >= 15 is 0 Å². The van der Waals surface area contributed by atoms with Crippen molar-refractivity contribution in [1.29, 1.82) is 0 Å². The van der Waals surface area contributed by atoms with Crippen LogP contribution in [-0.2, 0) is 0 Å². The van der Waals surface area contributed by atoms with Gasteiger partial charge in [-0.15, -0.1) is 0 Å². The third kappa shape index (κ3) is 3.30. The van der Waals surface area contributed by atoms with Crippen molar-refractivity contribution < 1.29 is 5.11 Å². The standard InChI is InChI=1S/C15H23NO/c1-16-11-15(17)14-9-7-13(8-10-14)12-5-3-2-4-6-12/h7-10,12,15-17H,2-6,11H2,1H3. The van der Waals surface area contributed by atoms with Crippen molar-refractivity contribution in [2.24, 2.45) is 0 Å². The van der Waals surface area contributed by atoms with E-state index in [-0.39, 0.29) is 6.10 Å². The van der Waals surface area contributed by atoms with E-state index < -0.39 is 0 Å². The molecule has 1 atom stereocenters. The molecule has 2 nitrogen and oxygen atoms in total. The van der Waals surface area contributed by atoms with Crippen LogP contribution < -0.4 is 5.32 Å². The van der Waals surface area contributed by atoms with Crippen LogP contribution in [0.4, 0.5) is 0 Å². The van der Waals surface area contributed by atoms with Crippen LogP contribution in [0.25, 0.3) is 0 Å². The molecule has 17 heavy (non-hydrogen) atoms. The van der Waals surface area contributed by atoms with Crippen LogP contribution in [0.1, 0.15) is 55.3 Å². The first-order valence-electron chi connectivity index (χ1n) is 6.74. The molecule has 0 aromatic heterocycles. The fourth-order valence-corrected chi connectivity index (χ4v) is 2.74. The molecule has 0 heterocycles. The Bertz CT molecular complexity index is 327. The lowest BCUT2D eigenvalue weighted by Gasteiger charge is -2.22. The second-order valence-corrected chi connectivity index (χ2v) is 5.08. The zero-order chi connectivity index (χ0) is 12.1. The van der Waals surface area contributed by atoms with Crippen molar-refractivity contribution in [2.45, 2.75) is 44.1 Å². The van der Waals surface area contributed by atoms with Crippen LogP contribution >= 0.6 is 0 Å². The average Bonchev–Trinajstić information content (AvgIpc) is 2.40. The van der Waals surface area contributed by atoms with Gasteiger partial charge < -0.3 is 10.4 Å². The number of aliphatic hydroxyl groups excluding tert-OH is 1. The van der Waals surface area contributed by atoms with E-state index in [9.17, 15) is 5.11 Å². The van der Waals surface area contributed by atoms with E-state index in [2.05, 4.69) is 29.6 Å². The molecule has 1 aliphatic carbocycles. The highest BCUT2D eigenvalue weighted by atomic mass is 16.3. The van der Waals surface area contributed by atoms with Gasteiger partial charge in [-0.1, -0.05) is 43.5 Å². The van der Waals surface area contributed by atoms with Crippen molar-refractivity contribution >= 4 is 0 Å². The van der Waals surface area contributed by atoms with E-state index in [4.69, 9.17) is 0 Å². The zero-order valence-electron chi connectivity index (χ0n) is 10.7. The van der Waals surface area contributed by atoms with E-state index in [0.717, 1.165) is 11.5 Å². The van der Waals surface area contributed by atoms with Crippen LogP contribution in [0.2, 0.25) is 0 Å². The number of hydrogen-bond acceptors (Lipinski definition) is 2. The van der Waals surface area contributed by atoms with Gasteiger partial charge in [0.25, 0.3) is 0 Å². The molecule has 94 valence electrons. The smallest absolute Gasteiger partial charge is 0.0914 e. The summed E-state index contributed by atoms with van der Waals surface area (Å²) in [6.45, 7) is 0.614. The Morgan fingerprint density at radius 3 is 2.41 bits per heavy atom. The molecule has 0 radical (unpaired) electrons. The first kappa shape index (κ1) is 12.6. The highest BCUT2D eigenvalue weighted by molar-refractivity contribution is 5.27. The summed E-state index contributed by atoms with van der Waals surface area (Å²) in [5, 5.41) is 12.9. The molecule has 1 saturated carbocycles. The summed E-state index contributed by atoms with van der Waals surface area (Å²) in [5.41, 5.74) is 2.46. The Hall–Kier alpha value is -0.860. The van der Waals surface area contributed by atoms with Crippen LogP contribution in [0.15, 0.2) is 24.3 Å². The van der Waals surface area contributed by atoms with Crippen molar-refractivity contribution in [2.75, 3.05) is 13.6 Å². The largest absolute Gasteiger partial charge is 0.387 e. The first-order valence-corrected chi connectivity index (χ1v) is 6.74. The van der Waals surface area contributed by atoms with Gasteiger partial charge in [0.1, 0.15) is 0 Å². The van der Waals surface area contributed by atoms with Gasteiger partial charge in [-0.05, 0) is 36.9 Å². The zero-order valence-corrected chi connectivity index (χ0v) is 10.7. The monoisotopic (exact) mass is 233 g/mol. The van der Waals surface area contributed by atoms with E-state index in [1.165, 1.54) is 37.7 Å². The molecule has 0 saturated heterocycles. The maximum absolute atomic E-state index is 9.86. The fraction of sp³-hybridized carbons (Fsp3) is 0.600. The molecule has 2 heteroatoms. The molecule has 0 amide bonds. The molecule has 0 aliphatic heterocycles. The van der Waals surface area contributed by atoms with Gasteiger partial charge in [-0.2, -0.15) is 0 Å². The van der Waals surface area contributed by atoms with Gasteiger partial charge >= 0.3 is 0 Å². The topological polar surface area (TPSA) is 32.3 Å². The third-order valence-corrected chi connectivity index (χ3v) is 3.80. The lowest BCUT2D eigenvalue weighted by atomic mass is 9.84. The van der Waals surface area contributed by atoms with Gasteiger partial charge in [0, 0.05) is 6.54 Å². The number of rotatable bonds is 4. The molecule has 0 spiro atoms. The lowest BCUT2D eigenvalue weighted by molar-refractivity contribution is 0.178. The Morgan fingerprint density at radius 2 is 1.82 bits per heavy atom. The number of benzene rings is 1. The molecule has 1 fully saturated rings. The second-order valence-electron chi connectivity index (χ2n) is 5.08. The van der Waals surface area contributed by atoms with Gasteiger partial charge in [-0.25, -0.2) is 0 Å². The SMILES string of the molecule is CNCC(O)c1ccc(C2CCCCC2)cc1. The van der Waals surface area contributed by atoms with E-state index in [1.54, 1.807) is 0 Å². The predicted octanol–water partition coefficient (Wildman–Crippen LogP) is 2.99. The molecule has 0 bridgehead atoms. The highest BCUT2D eigenvalue weighted by Gasteiger charge is 2.15. The van der Waals surface area contributed by atoms with Crippen molar-refractivity contribution in [3.63, 3.8) is 0 Å². The van der Waals surface area contributed by atoms with Crippen LogP contribution in [0.5, 0.6) is 0 Å². The van der Waals surface area contributed by atoms with Gasteiger partial charge in [0.15, 0.2) is 0 Å². The summed E-state index contributed by atoms with van der Waals surface area (Å²) in [5.74, 6) is 0.749. The number of aliphatic hydroxyl groups is 1. The molecule has 1 aromatic carbocycles. The minimum Gasteiger partial charge on any atom is -0.387 e. The lowest BCUT2D eigenvalue weighted by Crippen LogP contribution is -2.16. The summed E-state index contributed by atoms with van der Waals surface area (Å²) in [7, 11) is 1.86. The average molecular weight is 233 g/mol. The normalized spacial score (nSPS) is 19.2. The minimum absolute atomic E-state index is 0.389. The Kier molecular flexibility index (Phi) is 4.57. The summed E-state index contributed by atoms with van der Waals surface area (Å²) in [6, 6.07) is 8.55. The van der Waals surface area contributed by atoms with Gasteiger partial charge in [0.05, 0.1) is 6.10 Å². The number of likely N-dealkylation sites (N-methyl/N-ethyl adjacent to an activating group) is 1. The third-order valence-electron chi connectivity index (χ3n) is 3.80. The number of nitrogens with one attached hydrogen (secondary N) is 1. The highest BCUT2D eigenvalue weighted by Crippen LogP contribution is 2.32. The van der Waals surface area contributed by atoms with Crippen LogP contribution in [-0.4, -0.2) is 18.7 Å². The van der Waals surface area contributed by atoms with E-state index in [1.807, 2.05) is 7.05 Å². The Morgan fingerprint density at radius 1 is 1.18 bits per heavy atom. The van der Waals surface area contributed by atoms with Gasteiger partial charge in [0.2, 0.25) is 0 Å². The second kappa shape index (κ2) is 6.18. The Labute approximate surface area is 104 Å². The molecule has 1 unspecified atom stereocenters. The fourth-order valence-electron chi connectivity index (χ4n) is 2.74. The van der Waals surface area contributed by atoms with Crippen molar-refractivity contribution in [3.05, 3.63) is 35.4 Å². The molecular weight excluding hydrogens is 210 g/mol. The van der Waals surface area contributed by atoms with E-state index in [0.29, 0.717) is 6.54 Å². The Balaban J connectivity index is 2.01. The quantitative estimate of drug-likeness (QED) is 0.838. The van der Waals surface area contributed by atoms with Crippen molar-refractivity contribution in [1.82, 2.24) is 5.32 Å². The molecular formula is C15H23NO. The minimum atomic E-state index is -0.389. The van der Waals surface area contributed by atoms with Crippen LogP contribution in [0, 0.1) is 0 Å². The predicted molar refractivity (Wildman–Crippen MR) is 71.2 cm³/mol. The molecule has 1 aliphatic rings. The number of hydrogen-bond donors (Lipinski definition) is 2. The molecule has 1 aromatic rings. The summed E-state index contributed by atoms with van der Waals surface area (Å²) in [6.07, 6.45) is 6.41. The van der Waals surface area contributed by atoms with Gasteiger partial charge in [-0.3, -0.25) is 0 Å². The maximum atomic E-state index is 9.86. The van der Waals surface area contributed by atoms with Crippen molar-refractivity contribution in [3.8, 4) is 0 Å². The van der Waals surface area contributed by atoms with Crippen LogP contribution in [0.3, 0.4) is 0 Å². The summed E-state index contributed by atoms with van der Waals surface area (Å²) < 4.78 is 0. The molecule has 2 N–H and O–H groups in total. The maximum Gasteiger partial charge on any atom is 0.0914 e. The summed E-state index contributed by atoms with van der Waals surface area (Å²) >= 11 is 0. The summed E-state index contributed by atoms with van der Waals surface area (Å²) in [4.78, 5) is 0. The molecule has 2 rings (SSSR count). The first-order chi connectivity index (χ1) is 8.31.